The number of hydrogen-bond donors (Lipinski definition) is 2. The van der Waals surface area contributed by atoms with E-state index in [1.54, 1.807) is 20.2 Å². The van der Waals surface area contributed by atoms with Crippen LogP contribution in [0.4, 0.5) is 0 Å². The second-order valence-corrected chi connectivity index (χ2v) is 5.60. The molecule has 0 aliphatic heterocycles. The maximum absolute atomic E-state index is 11.1. The molecular formula is C14H19N3O2. The molecule has 1 atom stereocenters. The molecule has 0 amide bonds. The number of benzene rings is 1. The van der Waals surface area contributed by atoms with Gasteiger partial charge in [0.05, 0.1) is 22.8 Å². The van der Waals surface area contributed by atoms with E-state index in [0.29, 0.717) is 6.42 Å². The van der Waals surface area contributed by atoms with Crippen LogP contribution in [0.1, 0.15) is 31.9 Å². The van der Waals surface area contributed by atoms with Gasteiger partial charge in [0.25, 0.3) is 0 Å². The van der Waals surface area contributed by atoms with Gasteiger partial charge in [-0.05, 0) is 38.0 Å². The van der Waals surface area contributed by atoms with Crippen molar-refractivity contribution in [2.24, 2.45) is 18.2 Å². The quantitative estimate of drug-likeness (QED) is 0.882. The van der Waals surface area contributed by atoms with E-state index in [2.05, 4.69) is 4.98 Å². The standard InChI is InChI=1S/C14H19N3O2/c1-14(2,13(18)19)7-10(15)9-4-5-12-11(6-9)16-8-17(12)3/h4-6,8,10H,7,15H2,1-3H3,(H,18,19). The SMILES string of the molecule is Cn1cnc2cc(C(N)CC(C)(C)C(=O)O)ccc21. The summed E-state index contributed by atoms with van der Waals surface area (Å²) in [5.41, 5.74) is 8.12. The van der Waals surface area contributed by atoms with Crippen LogP contribution in [0.5, 0.6) is 0 Å². The number of fused-ring (bicyclic) bond motifs is 1. The summed E-state index contributed by atoms with van der Waals surface area (Å²) >= 11 is 0. The molecule has 2 aromatic rings. The first-order chi connectivity index (χ1) is 8.81. The number of aryl methyl sites for hydroxylation is 1. The summed E-state index contributed by atoms with van der Waals surface area (Å²) in [5, 5.41) is 9.14. The van der Waals surface area contributed by atoms with E-state index < -0.39 is 11.4 Å². The van der Waals surface area contributed by atoms with E-state index in [1.165, 1.54) is 0 Å². The molecule has 0 radical (unpaired) electrons. The van der Waals surface area contributed by atoms with Crippen molar-refractivity contribution < 1.29 is 9.90 Å². The van der Waals surface area contributed by atoms with Crippen LogP contribution in [0, 0.1) is 5.41 Å². The fourth-order valence-electron chi connectivity index (χ4n) is 2.14. The van der Waals surface area contributed by atoms with Crippen molar-refractivity contribution in [3.8, 4) is 0 Å². The maximum atomic E-state index is 11.1. The molecule has 19 heavy (non-hydrogen) atoms. The summed E-state index contributed by atoms with van der Waals surface area (Å²) < 4.78 is 1.94. The Morgan fingerprint density at radius 1 is 1.53 bits per heavy atom. The van der Waals surface area contributed by atoms with Crippen LogP contribution in [0.3, 0.4) is 0 Å². The highest BCUT2D eigenvalue weighted by Crippen LogP contribution is 2.29. The Balaban J connectivity index is 2.26. The number of aliphatic carboxylic acids is 1. The van der Waals surface area contributed by atoms with Crippen LogP contribution in [0.25, 0.3) is 11.0 Å². The van der Waals surface area contributed by atoms with Gasteiger partial charge in [-0.2, -0.15) is 0 Å². The fourth-order valence-corrected chi connectivity index (χ4v) is 2.14. The Bertz CT molecular complexity index is 616. The summed E-state index contributed by atoms with van der Waals surface area (Å²) in [6.07, 6.45) is 2.14. The molecule has 0 saturated heterocycles. The number of rotatable bonds is 4. The van der Waals surface area contributed by atoms with Gasteiger partial charge in [0.15, 0.2) is 0 Å². The predicted octanol–water partition coefficient (Wildman–Crippen LogP) is 2.07. The molecule has 1 aromatic carbocycles. The van der Waals surface area contributed by atoms with E-state index in [-0.39, 0.29) is 6.04 Å². The second-order valence-electron chi connectivity index (χ2n) is 5.60. The number of aromatic nitrogens is 2. The van der Waals surface area contributed by atoms with Crippen molar-refractivity contribution >= 4 is 17.0 Å². The molecule has 1 heterocycles. The van der Waals surface area contributed by atoms with E-state index in [0.717, 1.165) is 16.6 Å². The monoisotopic (exact) mass is 261 g/mol. The smallest absolute Gasteiger partial charge is 0.309 e. The number of carboxylic acid groups (broad SMARTS) is 1. The lowest BCUT2D eigenvalue weighted by Crippen LogP contribution is -2.28. The summed E-state index contributed by atoms with van der Waals surface area (Å²) in [7, 11) is 1.93. The van der Waals surface area contributed by atoms with Gasteiger partial charge in [0, 0.05) is 13.1 Å². The Labute approximate surface area is 112 Å². The minimum atomic E-state index is -0.835. The van der Waals surface area contributed by atoms with Crippen molar-refractivity contribution in [3.05, 3.63) is 30.1 Å². The summed E-state index contributed by atoms with van der Waals surface area (Å²) in [6.45, 7) is 3.38. The molecule has 102 valence electrons. The van der Waals surface area contributed by atoms with Crippen molar-refractivity contribution in [3.63, 3.8) is 0 Å². The molecular weight excluding hydrogens is 242 g/mol. The van der Waals surface area contributed by atoms with Gasteiger partial charge in [-0.3, -0.25) is 4.79 Å². The van der Waals surface area contributed by atoms with Gasteiger partial charge >= 0.3 is 5.97 Å². The Hall–Kier alpha value is -1.88. The molecule has 1 aromatic heterocycles. The highest BCUT2D eigenvalue weighted by atomic mass is 16.4. The van der Waals surface area contributed by atoms with E-state index >= 15 is 0 Å². The molecule has 1 unspecified atom stereocenters. The van der Waals surface area contributed by atoms with Gasteiger partial charge in [0.2, 0.25) is 0 Å². The van der Waals surface area contributed by atoms with Crippen LogP contribution in [-0.4, -0.2) is 20.6 Å². The molecule has 2 rings (SSSR count). The molecule has 5 nitrogen and oxygen atoms in total. The van der Waals surface area contributed by atoms with Gasteiger partial charge < -0.3 is 15.4 Å². The van der Waals surface area contributed by atoms with Gasteiger partial charge in [-0.15, -0.1) is 0 Å². The maximum Gasteiger partial charge on any atom is 0.309 e. The largest absolute Gasteiger partial charge is 0.481 e. The van der Waals surface area contributed by atoms with Crippen LogP contribution in [0.15, 0.2) is 24.5 Å². The minimum Gasteiger partial charge on any atom is -0.481 e. The van der Waals surface area contributed by atoms with Crippen molar-refractivity contribution in [1.82, 2.24) is 9.55 Å². The lowest BCUT2D eigenvalue weighted by Gasteiger charge is -2.23. The zero-order chi connectivity index (χ0) is 14.2. The number of carbonyl (C=O) groups is 1. The average molecular weight is 261 g/mol. The van der Waals surface area contributed by atoms with Crippen molar-refractivity contribution in [2.45, 2.75) is 26.3 Å². The topological polar surface area (TPSA) is 81.1 Å². The predicted molar refractivity (Wildman–Crippen MR) is 73.7 cm³/mol. The first-order valence-corrected chi connectivity index (χ1v) is 6.21. The molecule has 0 aliphatic carbocycles. The lowest BCUT2D eigenvalue weighted by molar-refractivity contribution is -0.147. The third kappa shape index (κ3) is 2.61. The average Bonchev–Trinajstić information content (AvgIpc) is 2.70. The highest BCUT2D eigenvalue weighted by molar-refractivity contribution is 5.76. The molecule has 0 saturated carbocycles. The van der Waals surface area contributed by atoms with Crippen molar-refractivity contribution in [1.29, 1.82) is 0 Å². The first kappa shape index (κ1) is 13.5. The minimum absolute atomic E-state index is 0.308. The second kappa shape index (κ2) is 4.66. The Morgan fingerprint density at radius 3 is 2.84 bits per heavy atom. The summed E-state index contributed by atoms with van der Waals surface area (Å²) in [4.78, 5) is 15.4. The van der Waals surface area contributed by atoms with Crippen LogP contribution in [-0.2, 0) is 11.8 Å². The van der Waals surface area contributed by atoms with Gasteiger partial charge in [-0.25, -0.2) is 4.98 Å². The number of nitrogens with zero attached hydrogens (tertiary/aromatic N) is 2. The Kier molecular flexibility index (Phi) is 3.32. The van der Waals surface area contributed by atoms with E-state index in [4.69, 9.17) is 10.8 Å². The van der Waals surface area contributed by atoms with E-state index in [9.17, 15) is 4.79 Å². The van der Waals surface area contributed by atoms with Crippen LogP contribution < -0.4 is 5.73 Å². The molecule has 5 heteroatoms. The zero-order valence-corrected chi connectivity index (χ0v) is 11.4. The number of nitrogens with two attached hydrogens (primary N) is 1. The van der Waals surface area contributed by atoms with Gasteiger partial charge in [-0.1, -0.05) is 6.07 Å². The van der Waals surface area contributed by atoms with E-state index in [1.807, 2.05) is 29.8 Å². The normalized spacial score (nSPS) is 13.7. The highest BCUT2D eigenvalue weighted by Gasteiger charge is 2.30. The third-order valence-electron chi connectivity index (χ3n) is 3.49. The number of carboxylic acids is 1. The molecule has 0 aliphatic rings. The molecule has 0 spiro atoms. The number of imidazole rings is 1. The Morgan fingerprint density at radius 2 is 2.21 bits per heavy atom. The van der Waals surface area contributed by atoms with Gasteiger partial charge in [0.1, 0.15) is 0 Å². The fraction of sp³-hybridized carbons (Fsp3) is 0.429. The van der Waals surface area contributed by atoms with Crippen molar-refractivity contribution in [2.75, 3.05) is 0 Å². The molecule has 0 bridgehead atoms. The van der Waals surface area contributed by atoms with Crippen LogP contribution in [0.2, 0.25) is 0 Å². The first-order valence-electron chi connectivity index (χ1n) is 6.21. The zero-order valence-electron chi connectivity index (χ0n) is 11.4. The molecule has 3 N–H and O–H groups in total. The summed E-state index contributed by atoms with van der Waals surface area (Å²) in [6, 6.07) is 5.52. The van der Waals surface area contributed by atoms with Crippen LogP contribution >= 0.6 is 0 Å². The molecule has 0 fully saturated rings. The summed E-state index contributed by atoms with van der Waals surface area (Å²) in [5.74, 6) is -0.832. The lowest BCUT2D eigenvalue weighted by atomic mass is 9.84. The third-order valence-corrected chi connectivity index (χ3v) is 3.49. The number of hydrogen-bond acceptors (Lipinski definition) is 3.